The molecule has 0 amide bonds. The molecule has 0 heterocycles. The molecule has 0 saturated heterocycles. The van der Waals surface area contributed by atoms with Crippen LogP contribution in [-0.4, -0.2) is 0 Å². The van der Waals surface area contributed by atoms with Gasteiger partial charge in [-0.3, -0.25) is 0 Å². The van der Waals surface area contributed by atoms with Crippen molar-refractivity contribution >= 4 is 0 Å². The van der Waals surface area contributed by atoms with Crippen LogP contribution in [0.5, 0.6) is 0 Å². The molecule has 0 saturated carbocycles. The van der Waals surface area contributed by atoms with E-state index in [1.54, 1.807) is 0 Å². The number of rotatable bonds is 3. The van der Waals surface area contributed by atoms with E-state index in [9.17, 15) is 8.78 Å². The molecule has 1 rings (SSSR count). The molecule has 0 nitrogen and oxygen atoms in total. The highest BCUT2D eigenvalue weighted by molar-refractivity contribution is 5.14. The lowest BCUT2D eigenvalue weighted by molar-refractivity contribution is 0.270. The number of hydrogen-bond donors (Lipinski definition) is 0. The molecule has 0 aliphatic rings. The van der Waals surface area contributed by atoms with Crippen molar-refractivity contribution in [2.75, 3.05) is 0 Å². The molecule has 0 aromatic heterocycles. The summed E-state index contributed by atoms with van der Waals surface area (Å²) in [6.07, 6.45) is -1.18. The Balaban J connectivity index is 2.39. The molecule has 0 fully saturated rings. The van der Waals surface area contributed by atoms with Crippen molar-refractivity contribution in [2.45, 2.75) is 12.8 Å². The zero-order valence-electron chi connectivity index (χ0n) is 6.06. The summed E-state index contributed by atoms with van der Waals surface area (Å²) >= 11 is 0. The van der Waals surface area contributed by atoms with Crippen molar-refractivity contribution < 1.29 is 8.78 Å². The molecule has 1 aromatic rings. The second kappa shape index (κ2) is 4.06. The van der Waals surface area contributed by atoms with Gasteiger partial charge in [-0.1, -0.05) is 30.3 Å². The second-order valence-corrected chi connectivity index (χ2v) is 2.32. The Bertz CT molecular complexity index is 194. The molecule has 1 aromatic carbocycles. The average Bonchev–Trinajstić information content (AvgIpc) is 2.03. The van der Waals surface area contributed by atoms with E-state index in [1.807, 2.05) is 30.3 Å². The monoisotopic (exact) mass is 155 g/mol. The SMILES string of the molecule is F[C](F)CCc1ccccc1. The van der Waals surface area contributed by atoms with Gasteiger partial charge in [-0.2, -0.15) is 8.78 Å². The zero-order valence-corrected chi connectivity index (χ0v) is 6.06. The van der Waals surface area contributed by atoms with Crippen LogP contribution < -0.4 is 0 Å². The molecule has 0 spiro atoms. The van der Waals surface area contributed by atoms with Gasteiger partial charge in [-0.25, -0.2) is 0 Å². The first kappa shape index (κ1) is 8.18. The molecular weight excluding hydrogens is 146 g/mol. The summed E-state index contributed by atoms with van der Waals surface area (Å²) in [4.78, 5) is 0. The third kappa shape index (κ3) is 3.12. The standard InChI is InChI=1S/C9H9F2/c10-9(11)7-6-8-4-2-1-3-5-8/h1-5H,6-7H2. The predicted molar refractivity (Wildman–Crippen MR) is 40.2 cm³/mol. The highest BCUT2D eigenvalue weighted by Gasteiger charge is 2.04. The number of aryl methyl sites for hydroxylation is 1. The van der Waals surface area contributed by atoms with Gasteiger partial charge in [-0.15, -0.1) is 0 Å². The lowest BCUT2D eigenvalue weighted by atomic mass is 10.1. The minimum atomic E-state index is -1.49. The summed E-state index contributed by atoms with van der Waals surface area (Å²) < 4.78 is 23.3. The van der Waals surface area contributed by atoms with E-state index in [0.29, 0.717) is 6.42 Å². The van der Waals surface area contributed by atoms with Crippen molar-refractivity contribution in [3.8, 4) is 0 Å². The Hall–Kier alpha value is -0.920. The van der Waals surface area contributed by atoms with Crippen LogP contribution >= 0.6 is 0 Å². The minimum Gasteiger partial charge on any atom is -0.200 e. The van der Waals surface area contributed by atoms with Crippen molar-refractivity contribution in [2.24, 2.45) is 0 Å². The van der Waals surface area contributed by atoms with Gasteiger partial charge in [0.25, 0.3) is 0 Å². The van der Waals surface area contributed by atoms with Crippen LogP contribution in [0.1, 0.15) is 12.0 Å². The van der Waals surface area contributed by atoms with Gasteiger partial charge in [0.2, 0.25) is 0 Å². The fourth-order valence-electron chi connectivity index (χ4n) is 0.884. The van der Waals surface area contributed by atoms with E-state index < -0.39 is 6.43 Å². The summed E-state index contributed by atoms with van der Waals surface area (Å²) in [5.41, 5.74) is 0.959. The Kier molecular flexibility index (Phi) is 3.02. The summed E-state index contributed by atoms with van der Waals surface area (Å²) in [7, 11) is 0. The van der Waals surface area contributed by atoms with E-state index in [1.165, 1.54) is 0 Å². The topological polar surface area (TPSA) is 0 Å². The summed E-state index contributed by atoms with van der Waals surface area (Å²) in [5.74, 6) is 0. The number of halogens is 2. The third-order valence-corrected chi connectivity index (χ3v) is 1.45. The van der Waals surface area contributed by atoms with Gasteiger partial charge >= 0.3 is 6.43 Å². The average molecular weight is 155 g/mol. The first-order valence-corrected chi connectivity index (χ1v) is 3.50. The van der Waals surface area contributed by atoms with Crippen molar-refractivity contribution in [3.05, 3.63) is 42.3 Å². The molecule has 0 N–H and O–H groups in total. The molecule has 0 aliphatic carbocycles. The van der Waals surface area contributed by atoms with Crippen LogP contribution in [0.2, 0.25) is 0 Å². The van der Waals surface area contributed by atoms with Gasteiger partial charge in [-0.05, 0) is 12.0 Å². The Morgan fingerprint density at radius 3 is 2.27 bits per heavy atom. The van der Waals surface area contributed by atoms with Crippen LogP contribution in [0.25, 0.3) is 0 Å². The van der Waals surface area contributed by atoms with Crippen LogP contribution in [0.3, 0.4) is 0 Å². The van der Waals surface area contributed by atoms with Crippen LogP contribution in [-0.2, 0) is 6.42 Å². The van der Waals surface area contributed by atoms with E-state index in [-0.39, 0.29) is 6.42 Å². The largest absolute Gasteiger partial charge is 0.310 e. The Morgan fingerprint density at radius 2 is 1.73 bits per heavy atom. The third-order valence-electron chi connectivity index (χ3n) is 1.45. The number of hydrogen-bond acceptors (Lipinski definition) is 0. The van der Waals surface area contributed by atoms with Crippen molar-refractivity contribution in [1.82, 2.24) is 0 Å². The van der Waals surface area contributed by atoms with Crippen molar-refractivity contribution in [3.63, 3.8) is 0 Å². The maximum absolute atomic E-state index is 11.6. The summed E-state index contributed by atoms with van der Waals surface area (Å²) in [5, 5.41) is 0. The minimum absolute atomic E-state index is 0.121. The molecule has 0 bridgehead atoms. The fraction of sp³-hybridized carbons (Fsp3) is 0.222. The smallest absolute Gasteiger partial charge is 0.200 e. The van der Waals surface area contributed by atoms with E-state index in [0.717, 1.165) is 5.56 Å². The maximum Gasteiger partial charge on any atom is 0.310 e. The summed E-state index contributed by atoms with van der Waals surface area (Å²) in [6, 6.07) is 9.28. The molecule has 0 unspecified atom stereocenters. The van der Waals surface area contributed by atoms with Gasteiger partial charge in [0.15, 0.2) is 0 Å². The van der Waals surface area contributed by atoms with Gasteiger partial charge in [0.1, 0.15) is 0 Å². The molecule has 11 heavy (non-hydrogen) atoms. The Morgan fingerprint density at radius 1 is 1.09 bits per heavy atom. The zero-order chi connectivity index (χ0) is 8.10. The lowest BCUT2D eigenvalue weighted by Gasteiger charge is -1.97. The fourth-order valence-corrected chi connectivity index (χ4v) is 0.884. The normalized spacial score (nSPS) is 10.5. The molecular formula is C9H9F2. The summed E-state index contributed by atoms with van der Waals surface area (Å²) in [6.45, 7) is 0. The second-order valence-electron chi connectivity index (χ2n) is 2.32. The van der Waals surface area contributed by atoms with E-state index in [2.05, 4.69) is 0 Å². The highest BCUT2D eigenvalue weighted by atomic mass is 19.3. The molecule has 0 atom stereocenters. The lowest BCUT2D eigenvalue weighted by Crippen LogP contribution is -1.86. The van der Waals surface area contributed by atoms with Crippen LogP contribution in [0, 0.1) is 6.43 Å². The molecule has 59 valence electrons. The first-order valence-electron chi connectivity index (χ1n) is 3.50. The first-order chi connectivity index (χ1) is 5.29. The highest BCUT2D eigenvalue weighted by Crippen LogP contribution is 2.13. The van der Waals surface area contributed by atoms with E-state index in [4.69, 9.17) is 0 Å². The van der Waals surface area contributed by atoms with Crippen LogP contribution in [0.4, 0.5) is 8.78 Å². The maximum atomic E-state index is 11.6. The van der Waals surface area contributed by atoms with Gasteiger partial charge in [0, 0.05) is 6.42 Å². The van der Waals surface area contributed by atoms with E-state index >= 15 is 0 Å². The quantitative estimate of drug-likeness (QED) is 0.629. The molecule has 2 heteroatoms. The van der Waals surface area contributed by atoms with Crippen molar-refractivity contribution in [1.29, 1.82) is 0 Å². The molecule has 1 radical (unpaired) electrons. The predicted octanol–water partition coefficient (Wildman–Crippen LogP) is 3.05. The Labute approximate surface area is 64.9 Å². The molecule has 0 aliphatic heterocycles. The van der Waals surface area contributed by atoms with Gasteiger partial charge in [0.05, 0.1) is 0 Å². The van der Waals surface area contributed by atoms with Gasteiger partial charge < -0.3 is 0 Å². The van der Waals surface area contributed by atoms with Crippen LogP contribution in [0.15, 0.2) is 30.3 Å². The number of benzene rings is 1.